The number of fused-ring (bicyclic) bond motifs is 1. The maximum Gasteiger partial charge on any atom is 0.416 e. The smallest absolute Gasteiger partial charge is 0.416 e. The summed E-state index contributed by atoms with van der Waals surface area (Å²) in [5.74, 6) is 0.476. The standard InChI is InChI=1S/C12H14F3NO/c1-11(2)6-16-9-5-8(12(13,14)15)3-4-10(9)17-7-11/h3-5,16H,6-7H2,1-2H3. The fraction of sp³-hybridized carbons (Fsp3) is 0.500. The average Bonchev–Trinajstić information content (AvgIpc) is 2.36. The van der Waals surface area contributed by atoms with Gasteiger partial charge in [-0.15, -0.1) is 0 Å². The van der Waals surface area contributed by atoms with Gasteiger partial charge in [0.1, 0.15) is 5.75 Å². The number of hydrogen-bond acceptors (Lipinski definition) is 2. The number of rotatable bonds is 0. The van der Waals surface area contributed by atoms with Gasteiger partial charge in [0.2, 0.25) is 0 Å². The number of alkyl halides is 3. The van der Waals surface area contributed by atoms with E-state index >= 15 is 0 Å². The van der Waals surface area contributed by atoms with Crippen molar-refractivity contribution in [2.24, 2.45) is 5.41 Å². The van der Waals surface area contributed by atoms with Gasteiger partial charge >= 0.3 is 6.18 Å². The molecule has 0 spiro atoms. The summed E-state index contributed by atoms with van der Waals surface area (Å²) in [7, 11) is 0. The highest BCUT2D eigenvalue weighted by Gasteiger charge is 2.32. The van der Waals surface area contributed by atoms with Crippen LogP contribution in [0.5, 0.6) is 5.75 Å². The maximum absolute atomic E-state index is 12.5. The summed E-state index contributed by atoms with van der Waals surface area (Å²) in [5.41, 5.74) is -0.352. The van der Waals surface area contributed by atoms with E-state index in [1.54, 1.807) is 0 Å². The minimum absolute atomic E-state index is 0.0998. The number of ether oxygens (including phenoxy) is 1. The maximum atomic E-state index is 12.5. The fourth-order valence-electron chi connectivity index (χ4n) is 1.63. The van der Waals surface area contributed by atoms with Crippen LogP contribution in [0, 0.1) is 5.41 Å². The zero-order valence-electron chi connectivity index (χ0n) is 9.69. The number of hydrogen-bond donors (Lipinski definition) is 1. The van der Waals surface area contributed by atoms with Gasteiger partial charge in [-0.1, -0.05) is 13.8 Å². The lowest BCUT2D eigenvalue weighted by molar-refractivity contribution is -0.137. The molecule has 1 aliphatic heterocycles. The van der Waals surface area contributed by atoms with Crippen LogP contribution in [0.2, 0.25) is 0 Å². The van der Waals surface area contributed by atoms with E-state index in [0.29, 0.717) is 24.6 Å². The summed E-state index contributed by atoms with van der Waals surface area (Å²) in [6.45, 7) is 5.06. The second kappa shape index (κ2) is 3.82. The number of benzene rings is 1. The predicted molar refractivity (Wildman–Crippen MR) is 59.2 cm³/mol. The third-order valence-corrected chi connectivity index (χ3v) is 2.68. The van der Waals surface area contributed by atoms with Crippen LogP contribution in [0.15, 0.2) is 18.2 Å². The van der Waals surface area contributed by atoms with Gasteiger partial charge in [-0.2, -0.15) is 13.2 Å². The van der Waals surface area contributed by atoms with Crippen molar-refractivity contribution in [2.45, 2.75) is 20.0 Å². The Hall–Kier alpha value is -1.39. The van der Waals surface area contributed by atoms with E-state index in [9.17, 15) is 13.2 Å². The molecular formula is C12H14F3NO. The normalized spacial score (nSPS) is 18.6. The molecule has 1 heterocycles. The molecule has 0 saturated carbocycles. The van der Waals surface area contributed by atoms with Gasteiger partial charge in [-0.25, -0.2) is 0 Å². The molecule has 2 rings (SSSR count). The lowest BCUT2D eigenvalue weighted by Crippen LogP contribution is -2.27. The molecule has 94 valence electrons. The third kappa shape index (κ3) is 2.65. The lowest BCUT2D eigenvalue weighted by atomic mass is 9.95. The summed E-state index contributed by atoms with van der Waals surface area (Å²) in [5, 5.41) is 3.00. The number of halogens is 3. The molecule has 0 unspecified atom stereocenters. The molecule has 0 atom stereocenters. The Labute approximate surface area is 97.8 Å². The highest BCUT2D eigenvalue weighted by Crippen LogP contribution is 2.37. The Morgan fingerprint density at radius 3 is 2.65 bits per heavy atom. The van der Waals surface area contributed by atoms with Crippen molar-refractivity contribution in [1.29, 1.82) is 0 Å². The van der Waals surface area contributed by atoms with E-state index in [-0.39, 0.29) is 5.41 Å². The molecule has 0 radical (unpaired) electrons. The molecule has 1 aromatic rings. The van der Waals surface area contributed by atoms with Crippen molar-refractivity contribution in [2.75, 3.05) is 18.5 Å². The monoisotopic (exact) mass is 245 g/mol. The van der Waals surface area contributed by atoms with Crippen LogP contribution >= 0.6 is 0 Å². The topological polar surface area (TPSA) is 21.3 Å². The first-order valence-electron chi connectivity index (χ1n) is 5.36. The van der Waals surface area contributed by atoms with Crippen molar-refractivity contribution in [3.8, 4) is 5.75 Å². The van der Waals surface area contributed by atoms with Crippen LogP contribution in [0.1, 0.15) is 19.4 Å². The van der Waals surface area contributed by atoms with Gasteiger partial charge < -0.3 is 10.1 Å². The number of anilines is 1. The molecule has 17 heavy (non-hydrogen) atoms. The summed E-state index contributed by atoms with van der Waals surface area (Å²) < 4.78 is 43.1. The molecule has 0 aliphatic carbocycles. The zero-order chi connectivity index (χ0) is 12.7. The molecule has 0 aromatic heterocycles. The van der Waals surface area contributed by atoms with Crippen LogP contribution in [0.25, 0.3) is 0 Å². The average molecular weight is 245 g/mol. The van der Waals surface area contributed by atoms with Crippen LogP contribution in [-0.4, -0.2) is 13.2 Å². The van der Waals surface area contributed by atoms with Crippen molar-refractivity contribution in [1.82, 2.24) is 0 Å². The molecule has 0 saturated heterocycles. The van der Waals surface area contributed by atoms with Crippen LogP contribution in [-0.2, 0) is 6.18 Å². The van der Waals surface area contributed by atoms with Crippen LogP contribution in [0.4, 0.5) is 18.9 Å². The lowest BCUT2D eigenvalue weighted by Gasteiger charge is -2.20. The second-order valence-corrected chi connectivity index (χ2v) is 5.02. The minimum atomic E-state index is -4.32. The van der Waals surface area contributed by atoms with E-state index in [1.165, 1.54) is 6.07 Å². The Kier molecular flexibility index (Phi) is 2.72. The van der Waals surface area contributed by atoms with E-state index in [0.717, 1.165) is 12.1 Å². The quantitative estimate of drug-likeness (QED) is 0.754. The van der Waals surface area contributed by atoms with Gasteiger partial charge in [-0.3, -0.25) is 0 Å². The Balaban J connectivity index is 2.32. The van der Waals surface area contributed by atoms with Gasteiger partial charge in [0.15, 0.2) is 0 Å². The van der Waals surface area contributed by atoms with Gasteiger partial charge in [0, 0.05) is 12.0 Å². The first-order chi connectivity index (χ1) is 7.78. The molecule has 0 bridgehead atoms. The molecular weight excluding hydrogens is 231 g/mol. The first-order valence-corrected chi connectivity index (χ1v) is 5.36. The molecule has 1 aliphatic rings. The predicted octanol–water partition coefficient (Wildman–Crippen LogP) is 3.54. The van der Waals surface area contributed by atoms with Crippen LogP contribution in [0.3, 0.4) is 0 Å². The van der Waals surface area contributed by atoms with Crippen molar-refractivity contribution in [3.63, 3.8) is 0 Å². The molecule has 0 fully saturated rings. The second-order valence-electron chi connectivity index (χ2n) is 5.02. The van der Waals surface area contributed by atoms with Crippen molar-refractivity contribution in [3.05, 3.63) is 23.8 Å². The Bertz CT molecular complexity index is 426. The summed E-state index contributed by atoms with van der Waals surface area (Å²) >= 11 is 0. The third-order valence-electron chi connectivity index (χ3n) is 2.68. The summed E-state index contributed by atoms with van der Waals surface area (Å²) in [6.07, 6.45) is -4.32. The molecule has 1 N–H and O–H groups in total. The van der Waals surface area contributed by atoms with Crippen molar-refractivity contribution >= 4 is 5.69 Å². The Morgan fingerprint density at radius 1 is 1.29 bits per heavy atom. The highest BCUT2D eigenvalue weighted by atomic mass is 19.4. The zero-order valence-corrected chi connectivity index (χ0v) is 9.69. The molecule has 5 heteroatoms. The van der Waals surface area contributed by atoms with Gasteiger partial charge in [0.05, 0.1) is 17.9 Å². The van der Waals surface area contributed by atoms with E-state index in [1.807, 2.05) is 13.8 Å². The Morgan fingerprint density at radius 2 is 2.00 bits per heavy atom. The van der Waals surface area contributed by atoms with E-state index in [4.69, 9.17) is 4.74 Å². The summed E-state index contributed by atoms with van der Waals surface area (Å²) in [4.78, 5) is 0. The molecule has 0 amide bonds. The largest absolute Gasteiger partial charge is 0.491 e. The SMILES string of the molecule is CC1(C)CNc2cc(C(F)(F)F)ccc2OC1. The first kappa shape index (κ1) is 12.1. The van der Waals surface area contributed by atoms with Crippen molar-refractivity contribution < 1.29 is 17.9 Å². The molecule has 1 aromatic carbocycles. The van der Waals surface area contributed by atoms with Crippen LogP contribution < -0.4 is 10.1 Å². The van der Waals surface area contributed by atoms with E-state index in [2.05, 4.69) is 5.32 Å². The molecule has 2 nitrogen and oxygen atoms in total. The summed E-state index contributed by atoms with van der Waals surface area (Å²) in [6, 6.07) is 3.50. The van der Waals surface area contributed by atoms with E-state index < -0.39 is 11.7 Å². The van der Waals surface area contributed by atoms with Gasteiger partial charge in [-0.05, 0) is 18.2 Å². The number of nitrogens with one attached hydrogen (secondary N) is 1. The highest BCUT2D eigenvalue weighted by molar-refractivity contribution is 5.59. The minimum Gasteiger partial charge on any atom is -0.491 e. The fourth-order valence-corrected chi connectivity index (χ4v) is 1.63. The van der Waals surface area contributed by atoms with Gasteiger partial charge in [0.25, 0.3) is 0 Å².